The van der Waals surface area contributed by atoms with Crippen molar-refractivity contribution < 1.29 is 13.6 Å². The minimum atomic E-state index is -2.96. The summed E-state index contributed by atoms with van der Waals surface area (Å²) in [6.07, 6.45) is 4.35. The third-order valence-corrected chi connectivity index (χ3v) is 8.59. The molecule has 0 radical (unpaired) electrons. The van der Waals surface area contributed by atoms with Crippen molar-refractivity contribution in [3.8, 4) is 11.3 Å². The number of pyridine rings is 1. The van der Waals surface area contributed by atoms with Crippen LogP contribution < -0.4 is 10.2 Å². The van der Waals surface area contributed by atoms with Gasteiger partial charge in [-0.15, -0.1) is 0 Å². The lowest BCUT2D eigenvalue weighted by molar-refractivity contribution is 0.0865. The van der Waals surface area contributed by atoms with E-state index >= 15 is 0 Å². The smallest absolute Gasteiger partial charge is 0.323 e. The Morgan fingerprint density at radius 1 is 1.05 bits per heavy atom. The van der Waals surface area contributed by atoms with Crippen LogP contribution in [0.5, 0.6) is 0 Å². The Hall–Kier alpha value is -3.87. The van der Waals surface area contributed by atoms with Gasteiger partial charge in [0.2, 0.25) is 5.96 Å². The van der Waals surface area contributed by atoms with E-state index in [4.69, 9.17) is 10.1 Å². The number of amides is 1. The molecule has 2 atom stereocenters. The zero-order valence-corrected chi connectivity index (χ0v) is 24.3. The van der Waals surface area contributed by atoms with E-state index in [0.717, 1.165) is 58.7 Å². The van der Waals surface area contributed by atoms with Crippen molar-refractivity contribution in [3.05, 3.63) is 89.6 Å². The van der Waals surface area contributed by atoms with Crippen molar-refractivity contribution in [3.63, 3.8) is 0 Å². The second-order valence-corrected chi connectivity index (χ2v) is 11.9. The van der Waals surface area contributed by atoms with Gasteiger partial charge in [-0.2, -0.15) is 13.9 Å². The number of alkyl halides is 3. The van der Waals surface area contributed by atoms with E-state index in [1.165, 1.54) is 12.3 Å². The topological polar surface area (TPSA) is 78.7 Å². The first kappa shape index (κ1) is 26.1. The van der Waals surface area contributed by atoms with Crippen molar-refractivity contribution in [2.75, 3.05) is 17.3 Å². The van der Waals surface area contributed by atoms with Gasteiger partial charge < -0.3 is 5.32 Å². The van der Waals surface area contributed by atoms with Crippen molar-refractivity contribution in [2.24, 2.45) is 4.99 Å². The van der Waals surface area contributed by atoms with Crippen LogP contribution in [0.3, 0.4) is 0 Å². The van der Waals surface area contributed by atoms with Gasteiger partial charge in [0, 0.05) is 52.6 Å². The number of aromatic nitrogens is 3. The van der Waals surface area contributed by atoms with E-state index in [-0.39, 0.29) is 23.6 Å². The Balaban J connectivity index is 1.24. The number of fused-ring (bicyclic) bond motifs is 5. The number of guanidine groups is 1. The molecular formula is C30H26F2IN7O. The van der Waals surface area contributed by atoms with Gasteiger partial charge >= 0.3 is 3.93 Å². The molecule has 208 valence electrons. The van der Waals surface area contributed by atoms with Gasteiger partial charge in [-0.25, -0.2) is 9.67 Å². The number of anilines is 3. The predicted octanol–water partition coefficient (Wildman–Crippen LogP) is 6.40. The summed E-state index contributed by atoms with van der Waals surface area (Å²) in [5.74, 6) is 1.81. The van der Waals surface area contributed by atoms with Gasteiger partial charge in [0.25, 0.3) is 5.91 Å². The Morgan fingerprint density at radius 2 is 1.83 bits per heavy atom. The van der Waals surface area contributed by atoms with E-state index in [1.54, 1.807) is 18.0 Å². The Bertz CT molecular complexity index is 1650. The summed E-state index contributed by atoms with van der Waals surface area (Å²) in [5, 5.41) is 8.47. The number of halogens is 3. The average molecular weight is 665 g/mol. The van der Waals surface area contributed by atoms with E-state index in [1.807, 2.05) is 59.3 Å². The Labute approximate surface area is 249 Å². The third-order valence-electron chi connectivity index (χ3n) is 7.96. The molecule has 2 aromatic heterocycles. The molecular weight excluding hydrogens is 639 g/mol. The van der Waals surface area contributed by atoms with Gasteiger partial charge in [-0.3, -0.25) is 19.6 Å². The van der Waals surface area contributed by atoms with E-state index in [0.29, 0.717) is 35.4 Å². The summed E-state index contributed by atoms with van der Waals surface area (Å²) in [5.41, 5.74) is 3.66. The van der Waals surface area contributed by atoms with Crippen molar-refractivity contribution >= 4 is 51.8 Å². The van der Waals surface area contributed by atoms with Crippen LogP contribution in [0.25, 0.3) is 11.3 Å². The molecule has 0 unspecified atom stereocenters. The highest BCUT2D eigenvalue weighted by Crippen LogP contribution is 2.43. The molecule has 1 aliphatic carbocycles. The molecule has 11 heteroatoms. The quantitative estimate of drug-likeness (QED) is 0.191. The highest BCUT2D eigenvalue weighted by atomic mass is 127. The third kappa shape index (κ3) is 4.55. The summed E-state index contributed by atoms with van der Waals surface area (Å²) >= 11 is 1.10. The SMILES string of the molecule is CN1C(=O)c2c(nn(Cc3ccc(-c4ccc(C(F)(F)I)cn4)cc3)c2Nc2ccccc2)N2C1=N[C@@H]1CCC[C@@H]12. The lowest BCUT2D eigenvalue weighted by Crippen LogP contribution is -2.51. The number of nitrogens with one attached hydrogen (secondary N) is 1. The fourth-order valence-electron chi connectivity index (χ4n) is 5.89. The number of para-hydroxylation sites is 1. The molecule has 0 saturated heterocycles. The molecule has 8 nitrogen and oxygen atoms in total. The van der Waals surface area contributed by atoms with Crippen LogP contribution in [0, 0.1) is 0 Å². The average Bonchev–Trinajstić information content (AvgIpc) is 3.66. The van der Waals surface area contributed by atoms with Gasteiger partial charge in [0.1, 0.15) is 11.4 Å². The monoisotopic (exact) mass is 665 g/mol. The van der Waals surface area contributed by atoms with Crippen molar-refractivity contribution in [1.29, 1.82) is 0 Å². The van der Waals surface area contributed by atoms with Crippen molar-refractivity contribution in [2.45, 2.75) is 41.8 Å². The molecule has 0 spiro atoms. The number of carbonyl (C=O) groups excluding carboxylic acids is 1. The van der Waals surface area contributed by atoms with Crippen LogP contribution in [0.4, 0.5) is 26.1 Å². The maximum Gasteiger partial charge on any atom is 0.323 e. The number of nitrogens with zero attached hydrogens (tertiary/aromatic N) is 6. The number of rotatable bonds is 6. The molecule has 1 fully saturated rings. The van der Waals surface area contributed by atoms with Crippen LogP contribution in [0.2, 0.25) is 0 Å². The van der Waals surface area contributed by atoms with E-state index < -0.39 is 3.93 Å². The largest absolute Gasteiger partial charge is 0.340 e. The van der Waals surface area contributed by atoms with Crippen LogP contribution in [-0.2, 0) is 10.5 Å². The zero-order valence-electron chi connectivity index (χ0n) is 22.1. The molecule has 0 bridgehead atoms. The fraction of sp³-hybridized carbons (Fsp3) is 0.267. The lowest BCUT2D eigenvalue weighted by Gasteiger charge is -2.34. The highest BCUT2D eigenvalue weighted by molar-refractivity contribution is 14.1. The summed E-state index contributed by atoms with van der Waals surface area (Å²) in [4.78, 5) is 26.6. The fourth-order valence-corrected chi connectivity index (χ4v) is 6.21. The minimum Gasteiger partial charge on any atom is -0.340 e. The summed E-state index contributed by atoms with van der Waals surface area (Å²) in [6.45, 7) is 0.418. The number of benzene rings is 2. The standard InChI is InChI=1S/C30H26F2IN7O/c1-38-28(41)25-26(35-21-6-3-2-4-7-21)39(37-27(25)40-24-9-5-8-23(24)36-29(38)40)17-18-10-12-19(13-11-18)22-15-14-20(16-34-22)30(31,32)33/h2-4,6-7,10-16,23-24,35H,5,8-9,17H2,1H3/t23-,24+/m1/s1. The van der Waals surface area contributed by atoms with Gasteiger partial charge in [-0.1, -0.05) is 42.5 Å². The molecule has 2 aromatic carbocycles. The number of aliphatic imine (C=N–C) groups is 1. The van der Waals surface area contributed by atoms with Crippen molar-refractivity contribution in [1.82, 2.24) is 19.7 Å². The molecule has 1 amide bonds. The van der Waals surface area contributed by atoms with Crippen LogP contribution in [-0.4, -0.2) is 50.7 Å². The van der Waals surface area contributed by atoms with Crippen LogP contribution in [0.15, 0.2) is 77.9 Å². The zero-order chi connectivity index (χ0) is 28.3. The highest BCUT2D eigenvalue weighted by Gasteiger charge is 2.49. The number of hydrogen-bond donors (Lipinski definition) is 1. The summed E-state index contributed by atoms with van der Waals surface area (Å²) in [6, 6.07) is 20.9. The van der Waals surface area contributed by atoms with Gasteiger partial charge in [0.05, 0.1) is 24.3 Å². The van der Waals surface area contributed by atoms with Gasteiger partial charge in [0.15, 0.2) is 5.82 Å². The number of hydrogen-bond acceptors (Lipinski definition) is 6. The number of carbonyl (C=O) groups is 1. The second-order valence-electron chi connectivity index (χ2n) is 10.6. The van der Waals surface area contributed by atoms with Gasteiger partial charge in [-0.05, 0) is 49.1 Å². The molecule has 2 aliphatic heterocycles. The lowest BCUT2D eigenvalue weighted by atomic mass is 10.1. The molecule has 7 rings (SSSR count). The first-order chi connectivity index (χ1) is 19.8. The Morgan fingerprint density at radius 3 is 2.54 bits per heavy atom. The molecule has 4 aromatic rings. The second kappa shape index (κ2) is 9.89. The maximum atomic E-state index is 13.7. The molecule has 41 heavy (non-hydrogen) atoms. The maximum absolute atomic E-state index is 13.7. The van der Waals surface area contributed by atoms with E-state index in [9.17, 15) is 13.6 Å². The predicted molar refractivity (Wildman–Crippen MR) is 162 cm³/mol. The Kier molecular flexibility index (Phi) is 6.29. The summed E-state index contributed by atoms with van der Waals surface area (Å²) < 4.78 is 26.1. The van der Waals surface area contributed by atoms with Crippen LogP contribution in [0.1, 0.15) is 40.7 Å². The summed E-state index contributed by atoms with van der Waals surface area (Å²) in [7, 11) is 1.78. The molecule has 1 N–H and O–H groups in total. The molecule has 4 heterocycles. The molecule has 3 aliphatic rings. The normalized spacial score (nSPS) is 19.6. The van der Waals surface area contributed by atoms with E-state index in [2.05, 4.69) is 15.2 Å². The first-order valence-electron chi connectivity index (χ1n) is 13.5. The van der Waals surface area contributed by atoms with Crippen LogP contribution >= 0.6 is 22.6 Å². The first-order valence-corrected chi connectivity index (χ1v) is 14.6. The minimum absolute atomic E-state index is 0.130. The molecule has 1 saturated carbocycles.